The third-order valence-corrected chi connectivity index (χ3v) is 5.97. The van der Waals surface area contributed by atoms with Crippen LogP contribution >= 0.6 is 34.2 Å². The lowest BCUT2D eigenvalue weighted by molar-refractivity contribution is 0.629. The first-order valence-electron chi connectivity index (χ1n) is 6.98. The van der Waals surface area contributed by atoms with Gasteiger partial charge >= 0.3 is 0 Å². The number of hydrogen-bond donors (Lipinski definition) is 0. The van der Waals surface area contributed by atoms with E-state index < -0.39 is 0 Å². The molecule has 2 aliphatic rings. The fourth-order valence-corrected chi connectivity index (χ4v) is 4.15. The second-order valence-corrected chi connectivity index (χ2v) is 6.97. The topological polar surface area (TPSA) is 25.8 Å². The molecule has 98 valence electrons. The maximum Gasteiger partial charge on any atom is 0.146 e. The van der Waals surface area contributed by atoms with Crippen molar-refractivity contribution in [3.05, 3.63) is 20.2 Å². The van der Waals surface area contributed by atoms with Crippen molar-refractivity contribution in [1.82, 2.24) is 9.97 Å². The largest absolute Gasteiger partial charge is 0.236 e. The molecule has 0 N–H and O–H groups in total. The summed E-state index contributed by atoms with van der Waals surface area (Å²) in [5, 5.41) is 0.675. The van der Waals surface area contributed by atoms with E-state index in [0.717, 1.165) is 9.39 Å². The highest BCUT2D eigenvalue weighted by Gasteiger charge is 2.26. The van der Waals surface area contributed by atoms with Crippen molar-refractivity contribution in [3.8, 4) is 0 Å². The van der Waals surface area contributed by atoms with E-state index in [-0.39, 0.29) is 0 Å². The van der Waals surface area contributed by atoms with Crippen LogP contribution in [0.15, 0.2) is 0 Å². The van der Waals surface area contributed by atoms with Crippen LogP contribution in [-0.2, 0) is 0 Å². The molecular weight excluding hydrogens is 359 g/mol. The molecule has 4 heteroatoms. The second kappa shape index (κ2) is 5.61. The first-order valence-corrected chi connectivity index (χ1v) is 8.44. The molecule has 3 rings (SSSR count). The average molecular weight is 377 g/mol. The Morgan fingerprint density at radius 2 is 1.44 bits per heavy atom. The van der Waals surface area contributed by atoms with E-state index in [1.165, 1.54) is 57.1 Å². The molecular formula is C14H18ClIN2. The van der Waals surface area contributed by atoms with Crippen molar-refractivity contribution < 1.29 is 0 Å². The molecule has 18 heavy (non-hydrogen) atoms. The molecule has 0 spiro atoms. The molecule has 2 fully saturated rings. The molecule has 0 bridgehead atoms. The van der Waals surface area contributed by atoms with E-state index in [2.05, 4.69) is 27.6 Å². The maximum atomic E-state index is 6.32. The zero-order chi connectivity index (χ0) is 12.5. The predicted molar refractivity (Wildman–Crippen MR) is 82.2 cm³/mol. The van der Waals surface area contributed by atoms with Gasteiger partial charge in [0, 0.05) is 11.8 Å². The zero-order valence-electron chi connectivity index (χ0n) is 10.5. The first-order chi connectivity index (χ1) is 8.75. The van der Waals surface area contributed by atoms with Crippen LogP contribution in [0.2, 0.25) is 5.15 Å². The standard InChI is InChI=1S/C14H18ClIN2/c15-13-11(16)12(9-5-1-2-6-9)17-14(18-13)10-7-3-4-8-10/h9-10H,1-8H2. The third-order valence-electron chi connectivity index (χ3n) is 4.32. The molecule has 2 nitrogen and oxygen atoms in total. The van der Waals surface area contributed by atoms with E-state index >= 15 is 0 Å². The molecule has 2 saturated carbocycles. The van der Waals surface area contributed by atoms with Crippen molar-refractivity contribution in [2.24, 2.45) is 0 Å². The molecule has 0 atom stereocenters. The van der Waals surface area contributed by atoms with Crippen LogP contribution in [-0.4, -0.2) is 9.97 Å². The van der Waals surface area contributed by atoms with Gasteiger partial charge in [0.15, 0.2) is 0 Å². The van der Waals surface area contributed by atoms with Crippen LogP contribution in [0.3, 0.4) is 0 Å². The minimum absolute atomic E-state index is 0.555. The molecule has 2 aliphatic carbocycles. The van der Waals surface area contributed by atoms with E-state index in [1.54, 1.807) is 0 Å². The lowest BCUT2D eigenvalue weighted by Crippen LogP contribution is -2.09. The maximum absolute atomic E-state index is 6.32. The van der Waals surface area contributed by atoms with E-state index in [0.29, 0.717) is 17.0 Å². The Hall–Kier alpha value is 0.100. The second-order valence-electron chi connectivity index (χ2n) is 5.53. The number of aromatic nitrogens is 2. The van der Waals surface area contributed by atoms with Gasteiger partial charge in [-0.2, -0.15) is 0 Å². The molecule has 0 radical (unpaired) electrons. The van der Waals surface area contributed by atoms with Crippen LogP contribution in [0.1, 0.15) is 74.7 Å². The molecule has 0 saturated heterocycles. The molecule has 0 unspecified atom stereocenters. The van der Waals surface area contributed by atoms with Crippen molar-refractivity contribution in [1.29, 1.82) is 0 Å². The summed E-state index contributed by atoms with van der Waals surface area (Å²) < 4.78 is 1.09. The highest BCUT2D eigenvalue weighted by Crippen LogP contribution is 2.39. The normalized spacial score (nSPS) is 21.9. The van der Waals surface area contributed by atoms with Crippen LogP contribution in [0.4, 0.5) is 0 Å². The van der Waals surface area contributed by atoms with Crippen molar-refractivity contribution >= 4 is 34.2 Å². The molecule has 1 heterocycles. The monoisotopic (exact) mass is 376 g/mol. The van der Waals surface area contributed by atoms with Crippen LogP contribution in [0, 0.1) is 3.57 Å². The lowest BCUT2D eigenvalue weighted by Gasteiger charge is -2.15. The van der Waals surface area contributed by atoms with Gasteiger partial charge in [0.2, 0.25) is 0 Å². The summed E-state index contributed by atoms with van der Waals surface area (Å²) in [5.41, 5.74) is 1.23. The smallest absolute Gasteiger partial charge is 0.146 e. The van der Waals surface area contributed by atoms with Gasteiger partial charge in [-0.15, -0.1) is 0 Å². The molecule has 0 amide bonds. The van der Waals surface area contributed by atoms with Gasteiger partial charge in [-0.1, -0.05) is 37.3 Å². The predicted octanol–water partition coefficient (Wildman–Crippen LogP) is 5.05. The van der Waals surface area contributed by atoms with Gasteiger partial charge in [0.05, 0.1) is 9.26 Å². The van der Waals surface area contributed by atoms with Gasteiger partial charge in [-0.25, -0.2) is 9.97 Å². The summed E-state index contributed by atoms with van der Waals surface area (Å²) in [6.07, 6.45) is 10.3. The Bertz CT molecular complexity index is 438. The summed E-state index contributed by atoms with van der Waals surface area (Å²) >= 11 is 8.63. The minimum atomic E-state index is 0.555. The average Bonchev–Trinajstić information content (AvgIpc) is 3.03. The minimum Gasteiger partial charge on any atom is -0.236 e. The summed E-state index contributed by atoms with van der Waals surface area (Å²) in [6.45, 7) is 0. The Balaban J connectivity index is 1.95. The summed E-state index contributed by atoms with van der Waals surface area (Å²) in [4.78, 5) is 9.43. The van der Waals surface area contributed by atoms with E-state index in [9.17, 15) is 0 Å². The fraction of sp³-hybridized carbons (Fsp3) is 0.714. The first kappa shape index (κ1) is 13.1. The Labute approximate surface area is 127 Å². The zero-order valence-corrected chi connectivity index (χ0v) is 13.4. The number of nitrogens with zero attached hydrogens (tertiary/aromatic N) is 2. The van der Waals surface area contributed by atoms with Crippen molar-refractivity contribution in [2.45, 2.75) is 63.2 Å². The fourth-order valence-electron chi connectivity index (χ4n) is 3.29. The molecule has 0 aliphatic heterocycles. The molecule has 0 aromatic carbocycles. The summed E-state index contributed by atoms with van der Waals surface area (Å²) in [6, 6.07) is 0. The van der Waals surface area contributed by atoms with Gasteiger partial charge in [0.25, 0.3) is 0 Å². The Morgan fingerprint density at radius 3 is 2.06 bits per heavy atom. The highest BCUT2D eigenvalue weighted by molar-refractivity contribution is 14.1. The highest BCUT2D eigenvalue weighted by atomic mass is 127. The van der Waals surface area contributed by atoms with Gasteiger partial charge < -0.3 is 0 Å². The number of halogens is 2. The Morgan fingerprint density at radius 1 is 0.889 bits per heavy atom. The lowest BCUT2D eigenvalue weighted by atomic mass is 10.0. The quantitative estimate of drug-likeness (QED) is 0.533. The number of hydrogen-bond acceptors (Lipinski definition) is 2. The van der Waals surface area contributed by atoms with Gasteiger partial charge in [0.1, 0.15) is 11.0 Å². The Kier molecular flexibility index (Phi) is 4.09. The summed E-state index contributed by atoms with van der Waals surface area (Å²) in [5.74, 6) is 2.19. The van der Waals surface area contributed by atoms with Crippen LogP contribution in [0.25, 0.3) is 0 Å². The van der Waals surface area contributed by atoms with Crippen LogP contribution in [0.5, 0.6) is 0 Å². The van der Waals surface area contributed by atoms with Crippen molar-refractivity contribution in [3.63, 3.8) is 0 Å². The van der Waals surface area contributed by atoms with E-state index in [1.807, 2.05) is 0 Å². The number of rotatable bonds is 2. The van der Waals surface area contributed by atoms with Gasteiger partial charge in [-0.3, -0.25) is 0 Å². The molecule has 1 aromatic rings. The van der Waals surface area contributed by atoms with Crippen LogP contribution < -0.4 is 0 Å². The van der Waals surface area contributed by atoms with Gasteiger partial charge in [-0.05, 0) is 48.3 Å². The summed E-state index contributed by atoms with van der Waals surface area (Å²) in [7, 11) is 0. The SMILES string of the molecule is Clc1nc(C2CCCC2)nc(C2CCCC2)c1I. The van der Waals surface area contributed by atoms with E-state index in [4.69, 9.17) is 16.6 Å². The van der Waals surface area contributed by atoms with Crippen molar-refractivity contribution in [2.75, 3.05) is 0 Å². The molecule has 1 aromatic heterocycles. The third kappa shape index (κ3) is 2.53.